The normalized spacial score (nSPS) is 15.9. The largest absolute Gasteiger partial charge is 0.497 e. The summed E-state index contributed by atoms with van der Waals surface area (Å²) in [4.78, 5) is 6.60. The maximum absolute atomic E-state index is 5.33. The van der Waals surface area contributed by atoms with Crippen LogP contribution < -0.4 is 4.74 Å². The number of methoxy groups -OCH3 is 1. The minimum atomic E-state index is 0.473. The lowest BCUT2D eigenvalue weighted by Crippen LogP contribution is -2.33. The Hall–Kier alpha value is -2.67. The van der Waals surface area contributed by atoms with Gasteiger partial charge in [0.15, 0.2) is 5.82 Å². The number of hydrogen-bond donors (Lipinski definition) is 0. The van der Waals surface area contributed by atoms with E-state index in [1.54, 1.807) is 13.3 Å². The van der Waals surface area contributed by atoms with Crippen molar-refractivity contribution < 1.29 is 4.74 Å². The van der Waals surface area contributed by atoms with Crippen molar-refractivity contribution in [3.8, 4) is 5.75 Å². The second kappa shape index (κ2) is 7.92. The molecule has 1 aliphatic heterocycles. The van der Waals surface area contributed by atoms with Gasteiger partial charge >= 0.3 is 0 Å². The van der Waals surface area contributed by atoms with Gasteiger partial charge in [0, 0.05) is 31.9 Å². The first kappa shape index (κ1) is 17.7. The van der Waals surface area contributed by atoms with E-state index in [-0.39, 0.29) is 0 Å². The standard InChI is InChI=1S/C20H26N6O/c1-24-19(14-26-11-8-21-15-26)22-23-20(24)17-6-9-25(10-7-17)13-16-4-3-5-18(12-16)27-2/h3-5,8,11-12,15,17H,6-7,9-10,13-14H2,1-2H3. The second-order valence-electron chi connectivity index (χ2n) is 7.17. The van der Waals surface area contributed by atoms with Gasteiger partial charge in [-0.2, -0.15) is 0 Å². The SMILES string of the molecule is COc1cccc(CN2CCC(c3nnc(Cn4ccnc4)n3C)CC2)c1. The summed E-state index contributed by atoms with van der Waals surface area (Å²) >= 11 is 0. The molecule has 1 aliphatic rings. The van der Waals surface area contributed by atoms with E-state index in [1.165, 1.54) is 5.56 Å². The number of hydrogen-bond acceptors (Lipinski definition) is 5. The summed E-state index contributed by atoms with van der Waals surface area (Å²) < 4.78 is 9.50. The zero-order valence-corrected chi connectivity index (χ0v) is 16.0. The van der Waals surface area contributed by atoms with Crippen molar-refractivity contribution in [2.75, 3.05) is 20.2 Å². The fourth-order valence-electron chi connectivity index (χ4n) is 3.79. The third-order valence-electron chi connectivity index (χ3n) is 5.37. The molecule has 0 atom stereocenters. The smallest absolute Gasteiger partial charge is 0.152 e. The highest BCUT2D eigenvalue weighted by molar-refractivity contribution is 5.28. The molecule has 0 aliphatic carbocycles. The van der Waals surface area contributed by atoms with Crippen molar-refractivity contribution in [3.63, 3.8) is 0 Å². The van der Waals surface area contributed by atoms with Crippen LogP contribution >= 0.6 is 0 Å². The molecule has 3 aromatic rings. The molecule has 0 radical (unpaired) electrons. The molecule has 0 saturated carbocycles. The minimum Gasteiger partial charge on any atom is -0.497 e. The Bertz CT molecular complexity index is 864. The van der Waals surface area contributed by atoms with E-state index in [0.717, 1.165) is 49.9 Å². The van der Waals surface area contributed by atoms with Crippen LogP contribution in [-0.4, -0.2) is 49.4 Å². The summed E-state index contributed by atoms with van der Waals surface area (Å²) in [5, 5.41) is 8.90. The summed E-state index contributed by atoms with van der Waals surface area (Å²) in [6.07, 6.45) is 7.77. The summed E-state index contributed by atoms with van der Waals surface area (Å²) in [6, 6.07) is 8.34. The molecule has 0 N–H and O–H groups in total. The quantitative estimate of drug-likeness (QED) is 0.671. The van der Waals surface area contributed by atoms with Gasteiger partial charge in [0.1, 0.15) is 11.6 Å². The van der Waals surface area contributed by atoms with Crippen LogP contribution in [0.1, 0.15) is 36.0 Å². The fraction of sp³-hybridized carbons (Fsp3) is 0.450. The number of likely N-dealkylation sites (tertiary alicyclic amines) is 1. The van der Waals surface area contributed by atoms with E-state index in [4.69, 9.17) is 4.74 Å². The molecule has 0 amide bonds. The Morgan fingerprint density at radius 3 is 2.74 bits per heavy atom. The zero-order chi connectivity index (χ0) is 18.6. The fourth-order valence-corrected chi connectivity index (χ4v) is 3.79. The van der Waals surface area contributed by atoms with E-state index in [1.807, 2.05) is 23.2 Å². The third-order valence-corrected chi connectivity index (χ3v) is 5.37. The van der Waals surface area contributed by atoms with Crippen LogP contribution in [0.2, 0.25) is 0 Å². The van der Waals surface area contributed by atoms with Crippen LogP contribution in [0.5, 0.6) is 5.75 Å². The Morgan fingerprint density at radius 1 is 1.15 bits per heavy atom. The van der Waals surface area contributed by atoms with Crippen molar-refractivity contribution in [2.45, 2.75) is 31.8 Å². The Labute approximate surface area is 159 Å². The number of piperidine rings is 1. The second-order valence-corrected chi connectivity index (χ2v) is 7.17. The van der Waals surface area contributed by atoms with Crippen LogP contribution in [0.15, 0.2) is 43.0 Å². The molecule has 2 aromatic heterocycles. The maximum atomic E-state index is 5.33. The van der Waals surface area contributed by atoms with Gasteiger partial charge in [-0.3, -0.25) is 4.90 Å². The monoisotopic (exact) mass is 366 g/mol. The first-order valence-corrected chi connectivity index (χ1v) is 9.42. The van der Waals surface area contributed by atoms with Crippen LogP contribution in [0.25, 0.3) is 0 Å². The van der Waals surface area contributed by atoms with Crippen molar-refractivity contribution in [1.82, 2.24) is 29.2 Å². The molecular formula is C20H26N6O. The molecule has 1 aromatic carbocycles. The summed E-state index contributed by atoms with van der Waals surface area (Å²) in [6.45, 7) is 3.82. The highest BCUT2D eigenvalue weighted by atomic mass is 16.5. The molecular weight excluding hydrogens is 340 g/mol. The number of rotatable bonds is 6. The highest BCUT2D eigenvalue weighted by Gasteiger charge is 2.25. The van der Waals surface area contributed by atoms with E-state index >= 15 is 0 Å². The van der Waals surface area contributed by atoms with Crippen LogP contribution in [0.4, 0.5) is 0 Å². The number of imidazole rings is 1. The summed E-state index contributed by atoms with van der Waals surface area (Å²) in [5.74, 6) is 3.47. The minimum absolute atomic E-state index is 0.473. The van der Waals surface area contributed by atoms with E-state index in [2.05, 4.69) is 49.9 Å². The van der Waals surface area contributed by atoms with Gasteiger partial charge in [-0.1, -0.05) is 12.1 Å². The molecule has 3 heterocycles. The molecule has 7 nitrogen and oxygen atoms in total. The van der Waals surface area contributed by atoms with Crippen LogP contribution in [0, 0.1) is 0 Å². The number of benzene rings is 1. The van der Waals surface area contributed by atoms with E-state index in [0.29, 0.717) is 12.5 Å². The van der Waals surface area contributed by atoms with E-state index in [9.17, 15) is 0 Å². The van der Waals surface area contributed by atoms with Crippen molar-refractivity contribution in [2.24, 2.45) is 7.05 Å². The van der Waals surface area contributed by atoms with Gasteiger partial charge < -0.3 is 13.9 Å². The number of ether oxygens (including phenoxy) is 1. The molecule has 7 heteroatoms. The van der Waals surface area contributed by atoms with Gasteiger partial charge in [-0.05, 0) is 43.6 Å². The molecule has 1 fully saturated rings. The van der Waals surface area contributed by atoms with Crippen LogP contribution in [0.3, 0.4) is 0 Å². The summed E-state index contributed by atoms with van der Waals surface area (Å²) in [5.41, 5.74) is 1.30. The molecule has 4 rings (SSSR count). The Morgan fingerprint density at radius 2 is 2.00 bits per heavy atom. The molecule has 142 valence electrons. The topological polar surface area (TPSA) is 61.0 Å². The Balaban J connectivity index is 1.36. The molecule has 0 bridgehead atoms. The lowest BCUT2D eigenvalue weighted by atomic mass is 9.95. The van der Waals surface area contributed by atoms with Gasteiger partial charge in [0.25, 0.3) is 0 Å². The molecule has 0 unspecified atom stereocenters. The summed E-state index contributed by atoms with van der Waals surface area (Å²) in [7, 11) is 3.79. The average Bonchev–Trinajstić information content (AvgIpc) is 3.34. The average molecular weight is 366 g/mol. The van der Waals surface area contributed by atoms with Crippen LogP contribution in [-0.2, 0) is 20.1 Å². The van der Waals surface area contributed by atoms with Gasteiger partial charge in [-0.15, -0.1) is 10.2 Å². The number of aromatic nitrogens is 5. The zero-order valence-electron chi connectivity index (χ0n) is 16.0. The first-order valence-electron chi connectivity index (χ1n) is 9.42. The van der Waals surface area contributed by atoms with E-state index < -0.39 is 0 Å². The first-order chi connectivity index (χ1) is 13.2. The van der Waals surface area contributed by atoms with Crippen molar-refractivity contribution in [3.05, 3.63) is 60.2 Å². The van der Waals surface area contributed by atoms with Gasteiger partial charge in [-0.25, -0.2) is 4.98 Å². The number of nitrogens with zero attached hydrogens (tertiary/aromatic N) is 6. The lowest BCUT2D eigenvalue weighted by Gasteiger charge is -2.31. The van der Waals surface area contributed by atoms with Gasteiger partial charge in [0.05, 0.1) is 20.0 Å². The third kappa shape index (κ3) is 4.03. The highest BCUT2D eigenvalue weighted by Crippen LogP contribution is 2.28. The maximum Gasteiger partial charge on any atom is 0.152 e. The van der Waals surface area contributed by atoms with Gasteiger partial charge in [0.2, 0.25) is 0 Å². The van der Waals surface area contributed by atoms with Crippen molar-refractivity contribution >= 4 is 0 Å². The Kier molecular flexibility index (Phi) is 5.20. The molecule has 1 saturated heterocycles. The van der Waals surface area contributed by atoms with Crippen molar-refractivity contribution in [1.29, 1.82) is 0 Å². The molecule has 27 heavy (non-hydrogen) atoms. The predicted octanol–water partition coefficient (Wildman–Crippen LogP) is 2.45. The lowest BCUT2D eigenvalue weighted by molar-refractivity contribution is 0.200. The molecule has 0 spiro atoms. The predicted molar refractivity (Wildman–Crippen MR) is 103 cm³/mol.